The van der Waals surface area contributed by atoms with Crippen LogP contribution in [0.3, 0.4) is 0 Å². The van der Waals surface area contributed by atoms with Gasteiger partial charge in [0.1, 0.15) is 11.9 Å². The monoisotopic (exact) mass is 444 g/mol. The number of imidazole rings is 1. The molecule has 6 nitrogen and oxygen atoms in total. The molecule has 0 radical (unpaired) electrons. The number of rotatable bonds is 8. The molecule has 1 unspecified atom stereocenters. The van der Waals surface area contributed by atoms with E-state index in [2.05, 4.69) is 45.9 Å². The van der Waals surface area contributed by atoms with Crippen molar-refractivity contribution in [3.63, 3.8) is 0 Å². The predicted octanol–water partition coefficient (Wildman–Crippen LogP) is 3.94. The molecule has 172 valence electrons. The molecular weight excluding hydrogens is 412 g/mol. The second-order valence-electron chi connectivity index (χ2n) is 8.56. The minimum absolute atomic E-state index is 0.0506. The standard InChI is InChI=1S/C27H32N4O2/c1-3-29-18-19-31(26(32)10-7-16-30-17-15-28-21(30)2)25(27(29)33)20-22-11-13-24(14-12-22)23-8-5-4-6-9-23/h4-6,8-9,11-15,17,25H,3,7,10,16,18-20H2,1-2H3. The first kappa shape index (κ1) is 22.8. The first-order valence-corrected chi connectivity index (χ1v) is 11.8. The highest BCUT2D eigenvalue weighted by atomic mass is 16.2. The van der Waals surface area contributed by atoms with Crippen LogP contribution in [0, 0.1) is 6.92 Å². The second-order valence-corrected chi connectivity index (χ2v) is 8.56. The fraction of sp³-hybridized carbons (Fsp3) is 0.370. The molecular formula is C27H32N4O2. The Morgan fingerprint density at radius 2 is 1.76 bits per heavy atom. The van der Waals surface area contributed by atoms with Crippen LogP contribution in [0.15, 0.2) is 67.0 Å². The summed E-state index contributed by atoms with van der Waals surface area (Å²) in [4.78, 5) is 34.2. The molecule has 1 aliphatic heterocycles. The lowest BCUT2D eigenvalue weighted by Gasteiger charge is -2.40. The molecule has 4 rings (SSSR count). The van der Waals surface area contributed by atoms with Crippen molar-refractivity contribution in [2.45, 2.75) is 45.7 Å². The molecule has 3 aromatic rings. The van der Waals surface area contributed by atoms with Crippen molar-refractivity contribution in [3.8, 4) is 11.1 Å². The normalized spacial score (nSPS) is 16.3. The molecule has 1 aliphatic rings. The summed E-state index contributed by atoms with van der Waals surface area (Å²) in [6, 6.07) is 18.1. The summed E-state index contributed by atoms with van der Waals surface area (Å²) < 4.78 is 2.05. The minimum atomic E-state index is -0.441. The Morgan fingerprint density at radius 3 is 2.42 bits per heavy atom. The van der Waals surface area contributed by atoms with Crippen LogP contribution in [0.5, 0.6) is 0 Å². The number of hydrogen-bond donors (Lipinski definition) is 0. The van der Waals surface area contributed by atoms with Gasteiger partial charge in [-0.1, -0.05) is 54.6 Å². The summed E-state index contributed by atoms with van der Waals surface area (Å²) in [6.45, 7) is 6.58. The zero-order valence-corrected chi connectivity index (χ0v) is 19.5. The maximum Gasteiger partial charge on any atom is 0.245 e. The summed E-state index contributed by atoms with van der Waals surface area (Å²) in [7, 11) is 0. The van der Waals surface area contributed by atoms with Crippen molar-refractivity contribution in [3.05, 3.63) is 78.4 Å². The highest BCUT2D eigenvalue weighted by Gasteiger charge is 2.36. The zero-order valence-electron chi connectivity index (χ0n) is 19.5. The molecule has 0 bridgehead atoms. The van der Waals surface area contributed by atoms with Crippen LogP contribution in [-0.4, -0.2) is 56.8 Å². The third-order valence-electron chi connectivity index (χ3n) is 6.49. The third kappa shape index (κ3) is 5.33. The molecule has 0 spiro atoms. The first-order chi connectivity index (χ1) is 16.1. The summed E-state index contributed by atoms with van der Waals surface area (Å²) in [5.41, 5.74) is 3.38. The predicted molar refractivity (Wildman–Crippen MR) is 130 cm³/mol. The van der Waals surface area contributed by atoms with E-state index in [1.807, 2.05) is 43.1 Å². The van der Waals surface area contributed by atoms with Crippen molar-refractivity contribution in [2.75, 3.05) is 19.6 Å². The molecule has 1 saturated heterocycles. The van der Waals surface area contributed by atoms with Crippen molar-refractivity contribution in [2.24, 2.45) is 0 Å². The molecule has 0 saturated carbocycles. The van der Waals surface area contributed by atoms with E-state index in [0.29, 0.717) is 32.5 Å². The van der Waals surface area contributed by atoms with Gasteiger partial charge in [0.2, 0.25) is 11.8 Å². The number of piperazine rings is 1. The fourth-order valence-electron chi connectivity index (χ4n) is 4.52. The van der Waals surface area contributed by atoms with Crippen molar-refractivity contribution < 1.29 is 9.59 Å². The Hall–Kier alpha value is -3.41. The summed E-state index contributed by atoms with van der Waals surface area (Å²) >= 11 is 0. The van der Waals surface area contributed by atoms with Gasteiger partial charge in [0.15, 0.2) is 0 Å². The molecule has 1 aromatic heterocycles. The number of aryl methyl sites for hydroxylation is 2. The molecule has 0 aliphatic carbocycles. The Labute approximate surface area is 195 Å². The molecule has 2 amide bonds. The summed E-state index contributed by atoms with van der Waals surface area (Å²) in [6.07, 6.45) is 5.41. The van der Waals surface area contributed by atoms with Crippen LogP contribution in [0.1, 0.15) is 31.2 Å². The van der Waals surface area contributed by atoms with Crippen molar-refractivity contribution in [1.82, 2.24) is 19.4 Å². The SMILES string of the molecule is CCN1CCN(C(=O)CCCn2ccnc2C)C(Cc2ccc(-c3ccccc3)cc2)C1=O. The molecule has 6 heteroatoms. The van der Waals surface area contributed by atoms with Crippen molar-refractivity contribution in [1.29, 1.82) is 0 Å². The highest BCUT2D eigenvalue weighted by molar-refractivity contribution is 5.89. The Morgan fingerprint density at radius 1 is 1.03 bits per heavy atom. The van der Waals surface area contributed by atoms with E-state index in [1.165, 1.54) is 5.56 Å². The first-order valence-electron chi connectivity index (χ1n) is 11.8. The summed E-state index contributed by atoms with van der Waals surface area (Å²) in [5, 5.41) is 0. The van der Waals surface area contributed by atoms with E-state index in [1.54, 1.807) is 11.1 Å². The number of aromatic nitrogens is 2. The Balaban J connectivity index is 1.44. The zero-order chi connectivity index (χ0) is 23.2. The Kier molecular flexibility index (Phi) is 7.23. The molecule has 1 fully saturated rings. The van der Waals surface area contributed by atoms with Crippen LogP contribution in [0.2, 0.25) is 0 Å². The number of carbonyl (C=O) groups excluding carboxylic acids is 2. The topological polar surface area (TPSA) is 58.4 Å². The van der Waals surface area contributed by atoms with E-state index in [-0.39, 0.29) is 11.8 Å². The Bertz CT molecular complexity index is 1080. The number of carbonyl (C=O) groups is 2. The van der Waals surface area contributed by atoms with E-state index in [9.17, 15) is 9.59 Å². The van der Waals surface area contributed by atoms with E-state index in [0.717, 1.165) is 29.9 Å². The molecule has 33 heavy (non-hydrogen) atoms. The molecule has 2 aromatic carbocycles. The number of nitrogens with zero attached hydrogens (tertiary/aromatic N) is 4. The van der Waals surface area contributed by atoms with E-state index < -0.39 is 6.04 Å². The largest absolute Gasteiger partial charge is 0.339 e. The number of amides is 2. The van der Waals surface area contributed by atoms with Crippen LogP contribution >= 0.6 is 0 Å². The van der Waals surface area contributed by atoms with Crippen LogP contribution < -0.4 is 0 Å². The number of benzene rings is 2. The third-order valence-corrected chi connectivity index (χ3v) is 6.49. The van der Waals surface area contributed by atoms with Crippen molar-refractivity contribution >= 4 is 11.8 Å². The van der Waals surface area contributed by atoms with Gasteiger partial charge in [-0.15, -0.1) is 0 Å². The molecule has 2 heterocycles. The second kappa shape index (κ2) is 10.5. The fourth-order valence-corrected chi connectivity index (χ4v) is 4.52. The van der Waals surface area contributed by atoms with E-state index >= 15 is 0 Å². The van der Waals surface area contributed by atoms with Gasteiger partial charge in [-0.3, -0.25) is 9.59 Å². The van der Waals surface area contributed by atoms with Gasteiger partial charge in [0.25, 0.3) is 0 Å². The maximum atomic E-state index is 13.2. The van der Waals surface area contributed by atoms with Gasteiger partial charge in [-0.25, -0.2) is 4.98 Å². The van der Waals surface area contributed by atoms with Gasteiger partial charge in [0, 0.05) is 51.4 Å². The van der Waals surface area contributed by atoms with Gasteiger partial charge in [0.05, 0.1) is 0 Å². The quantitative estimate of drug-likeness (QED) is 0.529. The number of hydrogen-bond acceptors (Lipinski definition) is 3. The maximum absolute atomic E-state index is 13.2. The van der Waals surface area contributed by atoms with Gasteiger partial charge < -0.3 is 14.4 Å². The molecule has 1 atom stereocenters. The smallest absolute Gasteiger partial charge is 0.245 e. The lowest BCUT2D eigenvalue weighted by molar-refractivity contribution is -0.151. The van der Waals surface area contributed by atoms with E-state index in [4.69, 9.17) is 0 Å². The lowest BCUT2D eigenvalue weighted by atomic mass is 9.98. The summed E-state index contributed by atoms with van der Waals surface area (Å²) in [5.74, 6) is 1.06. The van der Waals surface area contributed by atoms with Gasteiger partial charge >= 0.3 is 0 Å². The number of likely N-dealkylation sites (N-methyl/N-ethyl adjacent to an activating group) is 1. The minimum Gasteiger partial charge on any atom is -0.339 e. The average molecular weight is 445 g/mol. The average Bonchev–Trinajstić information content (AvgIpc) is 3.25. The van der Waals surface area contributed by atoms with Crippen LogP contribution in [0.4, 0.5) is 0 Å². The molecule has 0 N–H and O–H groups in total. The van der Waals surface area contributed by atoms with Crippen LogP contribution in [0.25, 0.3) is 11.1 Å². The van der Waals surface area contributed by atoms with Gasteiger partial charge in [-0.2, -0.15) is 0 Å². The van der Waals surface area contributed by atoms with Crippen LogP contribution in [-0.2, 0) is 22.6 Å². The van der Waals surface area contributed by atoms with Gasteiger partial charge in [-0.05, 0) is 37.0 Å². The highest BCUT2D eigenvalue weighted by Crippen LogP contribution is 2.22. The lowest BCUT2D eigenvalue weighted by Crippen LogP contribution is -2.59.